The summed E-state index contributed by atoms with van der Waals surface area (Å²) in [6, 6.07) is 15.4. The minimum Gasteiger partial charge on any atom is -0.495 e. The van der Waals surface area contributed by atoms with Gasteiger partial charge in [-0.2, -0.15) is 0 Å². The van der Waals surface area contributed by atoms with Crippen LogP contribution in [-0.2, 0) is 10.0 Å². The Kier molecular flexibility index (Phi) is 12.2. The summed E-state index contributed by atoms with van der Waals surface area (Å²) in [5, 5.41) is 16.5. The zero-order valence-electron chi connectivity index (χ0n) is 33.5. The first-order valence-corrected chi connectivity index (χ1v) is 21.2. The molecule has 4 aromatic rings. The van der Waals surface area contributed by atoms with Crippen molar-refractivity contribution in [3.63, 3.8) is 0 Å². The van der Waals surface area contributed by atoms with Gasteiger partial charge in [0.2, 0.25) is 10.0 Å². The monoisotopic (exact) mass is 815 g/mol. The van der Waals surface area contributed by atoms with E-state index in [2.05, 4.69) is 30.2 Å². The Labute approximate surface area is 339 Å². The molecule has 4 N–H and O–H groups in total. The number of rotatable bonds is 13. The van der Waals surface area contributed by atoms with Gasteiger partial charge in [0.05, 0.1) is 41.2 Å². The average molecular weight is 816 g/mol. The fourth-order valence-corrected chi connectivity index (χ4v) is 8.91. The fourth-order valence-electron chi connectivity index (χ4n) is 8.15. The van der Waals surface area contributed by atoms with E-state index in [0.717, 1.165) is 68.6 Å². The van der Waals surface area contributed by atoms with Crippen LogP contribution in [0.1, 0.15) is 48.9 Å². The number of hydrogen-bond donors (Lipinski definition) is 4. The average Bonchev–Trinajstić information content (AvgIpc) is 3.23. The lowest BCUT2D eigenvalue weighted by molar-refractivity contribution is 0.0293. The number of fused-ring (bicyclic) bond motifs is 1. The summed E-state index contributed by atoms with van der Waals surface area (Å²) in [5.74, 6) is 1.72. The smallest absolute Gasteiger partial charge is 0.324 e. The number of urea groups is 1. The number of aliphatic hydroxyl groups excluding tert-OH is 1. The Balaban J connectivity index is 0.880. The van der Waals surface area contributed by atoms with E-state index >= 15 is 0 Å². The second kappa shape index (κ2) is 17.3. The topological polar surface area (TPSA) is 182 Å². The highest BCUT2D eigenvalue weighted by molar-refractivity contribution is 7.89. The third-order valence-corrected chi connectivity index (χ3v) is 13.1. The van der Waals surface area contributed by atoms with Gasteiger partial charge in [0.1, 0.15) is 29.9 Å². The maximum atomic E-state index is 13.6. The minimum atomic E-state index is -3.64. The summed E-state index contributed by atoms with van der Waals surface area (Å²) < 4.78 is 39.1. The lowest BCUT2D eigenvalue weighted by atomic mass is 9.71. The van der Waals surface area contributed by atoms with Crippen LogP contribution in [0.15, 0.2) is 65.8 Å². The molecule has 4 heterocycles. The normalized spacial score (nSPS) is 18.6. The molecule has 58 heavy (non-hydrogen) atoms. The highest BCUT2D eigenvalue weighted by Crippen LogP contribution is 2.42. The van der Waals surface area contributed by atoms with E-state index in [-0.39, 0.29) is 16.2 Å². The highest BCUT2D eigenvalue weighted by Gasteiger charge is 2.39. The Hall–Kier alpha value is -5.23. The Bertz CT molecular complexity index is 2240. The number of anilines is 4. The number of piperidine rings is 2. The van der Waals surface area contributed by atoms with Gasteiger partial charge in [-0.15, -0.1) is 0 Å². The van der Waals surface area contributed by atoms with E-state index < -0.39 is 22.3 Å². The lowest BCUT2D eigenvalue weighted by Gasteiger charge is -2.47. The molecule has 17 heteroatoms. The van der Waals surface area contributed by atoms with Crippen molar-refractivity contribution in [2.24, 2.45) is 5.41 Å². The summed E-state index contributed by atoms with van der Waals surface area (Å²) in [7, 11) is 3.06. The molecule has 1 spiro atoms. The van der Waals surface area contributed by atoms with Gasteiger partial charge >= 0.3 is 6.03 Å². The lowest BCUT2D eigenvalue weighted by Crippen LogP contribution is -2.52. The molecule has 1 atom stereocenters. The van der Waals surface area contributed by atoms with Gasteiger partial charge in [0.25, 0.3) is 5.91 Å². The molecule has 3 saturated heterocycles. The number of amides is 3. The molecule has 0 radical (unpaired) electrons. The number of benzene rings is 3. The second-order valence-corrected chi connectivity index (χ2v) is 17.3. The molecule has 3 aliphatic heterocycles. The van der Waals surface area contributed by atoms with Crippen LogP contribution in [0.4, 0.5) is 27.7 Å². The number of methoxy groups -OCH3 is 1. The van der Waals surface area contributed by atoms with Crippen LogP contribution in [0.5, 0.6) is 11.5 Å². The molecule has 310 valence electrons. The summed E-state index contributed by atoms with van der Waals surface area (Å²) >= 11 is 0. The van der Waals surface area contributed by atoms with Crippen LogP contribution in [-0.4, -0.2) is 126 Å². The molecule has 7 rings (SSSR count). The van der Waals surface area contributed by atoms with E-state index in [0.29, 0.717) is 66.7 Å². The van der Waals surface area contributed by atoms with Crippen molar-refractivity contribution in [2.75, 3.05) is 89.2 Å². The van der Waals surface area contributed by atoms with E-state index in [1.54, 1.807) is 36.4 Å². The molecule has 0 saturated carbocycles. The highest BCUT2D eigenvalue weighted by atomic mass is 32.2. The number of aromatic nitrogens is 2. The van der Waals surface area contributed by atoms with Gasteiger partial charge in [-0.25, -0.2) is 27.9 Å². The van der Waals surface area contributed by atoms with Crippen LogP contribution in [0.25, 0.3) is 10.9 Å². The van der Waals surface area contributed by atoms with Crippen LogP contribution >= 0.6 is 0 Å². The van der Waals surface area contributed by atoms with Crippen molar-refractivity contribution in [1.29, 1.82) is 0 Å². The van der Waals surface area contributed by atoms with Crippen molar-refractivity contribution in [1.82, 2.24) is 29.8 Å². The third-order valence-electron chi connectivity index (χ3n) is 11.7. The first-order valence-electron chi connectivity index (χ1n) is 19.7. The Morgan fingerprint density at radius 1 is 1.00 bits per heavy atom. The van der Waals surface area contributed by atoms with Gasteiger partial charge in [0, 0.05) is 63.7 Å². The molecule has 1 unspecified atom stereocenters. The first-order chi connectivity index (χ1) is 27.9. The van der Waals surface area contributed by atoms with E-state index in [1.165, 1.54) is 25.4 Å². The maximum absolute atomic E-state index is 13.6. The molecule has 16 nitrogen and oxygen atoms in total. The Morgan fingerprint density at radius 3 is 2.47 bits per heavy atom. The molecule has 0 bridgehead atoms. The van der Waals surface area contributed by atoms with Crippen molar-refractivity contribution >= 4 is 55.7 Å². The second-order valence-electron chi connectivity index (χ2n) is 15.4. The van der Waals surface area contributed by atoms with Gasteiger partial charge in [-0.1, -0.05) is 0 Å². The van der Waals surface area contributed by atoms with Gasteiger partial charge in [-0.05, 0) is 106 Å². The molecule has 3 aromatic carbocycles. The Morgan fingerprint density at radius 2 is 1.76 bits per heavy atom. The zero-order valence-corrected chi connectivity index (χ0v) is 34.3. The predicted octanol–water partition coefficient (Wildman–Crippen LogP) is 4.38. The summed E-state index contributed by atoms with van der Waals surface area (Å²) in [4.78, 5) is 43.2. The number of sulfonamides is 1. The number of carbonyl (C=O) groups excluding carboxylic acids is 2. The fraction of sp³-hybridized carbons (Fsp3) is 0.463. The molecular formula is C41H53N9O7S. The van der Waals surface area contributed by atoms with Crippen molar-refractivity contribution in [3.8, 4) is 11.5 Å². The summed E-state index contributed by atoms with van der Waals surface area (Å²) in [5.41, 5.74) is 3.38. The molecule has 3 amide bonds. The zero-order chi connectivity index (χ0) is 41.0. The van der Waals surface area contributed by atoms with Gasteiger partial charge in [-0.3, -0.25) is 9.69 Å². The van der Waals surface area contributed by atoms with Crippen LogP contribution in [0.2, 0.25) is 0 Å². The number of carbonyl (C=O) groups is 2. The summed E-state index contributed by atoms with van der Waals surface area (Å²) in [6.07, 6.45) is 5.99. The number of nitrogens with zero attached hydrogens (tertiary/aromatic N) is 6. The van der Waals surface area contributed by atoms with Crippen LogP contribution < -0.4 is 34.6 Å². The van der Waals surface area contributed by atoms with Crippen LogP contribution in [0.3, 0.4) is 0 Å². The van der Waals surface area contributed by atoms with Gasteiger partial charge < -0.3 is 39.9 Å². The minimum absolute atomic E-state index is 0.0474. The predicted molar refractivity (Wildman–Crippen MR) is 223 cm³/mol. The number of ether oxygens (including phenoxy) is 2. The van der Waals surface area contributed by atoms with Gasteiger partial charge in [0.15, 0.2) is 0 Å². The van der Waals surface area contributed by atoms with Crippen molar-refractivity contribution in [3.05, 3.63) is 66.5 Å². The molecule has 1 aromatic heterocycles. The number of likely N-dealkylation sites (tertiary alicyclic amines) is 2. The summed E-state index contributed by atoms with van der Waals surface area (Å²) in [6.45, 7) is 5.26. The van der Waals surface area contributed by atoms with Crippen molar-refractivity contribution in [2.45, 2.75) is 49.6 Å². The SMILES string of the molecule is CNS(=O)(=O)c1ccc(N(C)C)c(Nc2ncnc3cc(OCCCN4CCC5(CC4)CCN(C(=O)c4ccc(OC)c(N6CCC(O)NC6=O)c4)CC5)ccc23)c1. The van der Waals surface area contributed by atoms with E-state index in [9.17, 15) is 23.1 Å². The first kappa shape index (κ1) is 40.9. The van der Waals surface area contributed by atoms with E-state index in [1.807, 2.05) is 42.1 Å². The molecule has 0 aliphatic carbocycles. The van der Waals surface area contributed by atoms with E-state index in [4.69, 9.17) is 9.47 Å². The largest absolute Gasteiger partial charge is 0.495 e. The van der Waals surface area contributed by atoms with Crippen LogP contribution in [0, 0.1) is 5.41 Å². The molecule has 3 aliphatic rings. The molecule has 3 fully saturated rings. The number of hydrogen-bond acceptors (Lipinski definition) is 12. The number of aliphatic hydroxyl groups is 1. The third kappa shape index (κ3) is 8.92. The quantitative estimate of drug-likeness (QED) is 0.140. The molecular weight excluding hydrogens is 763 g/mol. The van der Waals surface area contributed by atoms with Crippen molar-refractivity contribution < 1.29 is 32.6 Å². The number of nitrogens with one attached hydrogen (secondary N) is 3. The maximum Gasteiger partial charge on any atom is 0.324 e. The standard InChI is InChI=1S/C41H53N9O7S/c1-42-58(54,55)30-8-10-34(47(2)3)33(26-30)45-38-31-9-7-29(25-32(31)43-27-44-38)57-23-5-17-48-19-13-41(14-20-48)15-21-49(22-16-41)39(52)28-6-11-36(56-4)35(24-28)50-18-12-37(51)46-40(50)53/h6-11,24-27,37,42,51H,5,12-23H2,1-4H3,(H,46,53)(H,43,44,45).